The second-order valence-corrected chi connectivity index (χ2v) is 12.5. The van der Waals surface area contributed by atoms with E-state index in [4.69, 9.17) is 4.98 Å². The van der Waals surface area contributed by atoms with Gasteiger partial charge in [0.15, 0.2) is 0 Å². The van der Waals surface area contributed by atoms with E-state index in [1.54, 1.807) is 0 Å². The third-order valence-corrected chi connectivity index (χ3v) is 9.59. The van der Waals surface area contributed by atoms with E-state index in [0.29, 0.717) is 5.92 Å². The third kappa shape index (κ3) is 8.48. The zero-order valence-corrected chi connectivity index (χ0v) is 25.6. The zero-order chi connectivity index (χ0) is 28.2. The highest BCUT2D eigenvalue weighted by Gasteiger charge is 2.20. The van der Waals surface area contributed by atoms with Crippen LogP contribution in [-0.4, -0.2) is 16.1 Å². The van der Waals surface area contributed by atoms with Crippen molar-refractivity contribution in [2.24, 2.45) is 17.8 Å². The van der Waals surface area contributed by atoms with Crippen molar-refractivity contribution in [3.8, 4) is 0 Å². The molecule has 2 aliphatic carbocycles. The Labute approximate surface area is 244 Å². The number of nitrogens with zero attached hydrogens (tertiary/aromatic N) is 2. The molecule has 218 valence electrons. The summed E-state index contributed by atoms with van der Waals surface area (Å²) in [6.45, 7) is 14.9. The van der Waals surface area contributed by atoms with Gasteiger partial charge in [-0.15, -0.1) is 0 Å². The molecule has 2 aromatic heterocycles. The van der Waals surface area contributed by atoms with Gasteiger partial charge in [-0.1, -0.05) is 109 Å². The van der Waals surface area contributed by atoms with Gasteiger partial charge in [0.25, 0.3) is 0 Å². The Bertz CT molecular complexity index is 1140. The van der Waals surface area contributed by atoms with Gasteiger partial charge in [0, 0.05) is 36.2 Å². The van der Waals surface area contributed by atoms with Gasteiger partial charge in [0.05, 0.1) is 11.0 Å². The van der Waals surface area contributed by atoms with Crippen molar-refractivity contribution in [1.82, 2.24) is 14.9 Å². The maximum Gasteiger partial charge on any atom is 0.0962 e. The molecular weight excluding hydrogens is 486 g/mol. The zero-order valence-electron chi connectivity index (χ0n) is 25.6. The van der Waals surface area contributed by atoms with Gasteiger partial charge in [0.2, 0.25) is 0 Å². The third-order valence-electron chi connectivity index (χ3n) is 9.59. The summed E-state index contributed by atoms with van der Waals surface area (Å²) in [6.07, 6.45) is 30.5. The first-order valence-electron chi connectivity index (χ1n) is 16.5. The molecule has 2 saturated carbocycles. The number of allylic oxidation sites excluding steroid dienone is 6. The lowest BCUT2D eigenvalue weighted by Crippen LogP contribution is -2.22. The average Bonchev–Trinajstić information content (AvgIpc) is 3.13. The summed E-state index contributed by atoms with van der Waals surface area (Å²) in [5.41, 5.74) is 7.21. The van der Waals surface area contributed by atoms with Crippen LogP contribution in [0.5, 0.6) is 0 Å². The summed E-state index contributed by atoms with van der Waals surface area (Å²) >= 11 is 0. The molecule has 0 bridgehead atoms. The molecule has 0 aliphatic heterocycles. The summed E-state index contributed by atoms with van der Waals surface area (Å²) in [5, 5.41) is 3.69. The molecular formula is C37H55N3. The molecule has 3 nitrogen and oxygen atoms in total. The quantitative estimate of drug-likeness (QED) is 0.164. The molecule has 40 heavy (non-hydrogen) atoms. The predicted octanol–water partition coefficient (Wildman–Crippen LogP) is 10.2. The molecule has 0 radical (unpaired) electrons. The smallest absolute Gasteiger partial charge is 0.0962 e. The van der Waals surface area contributed by atoms with Crippen LogP contribution in [0.1, 0.15) is 115 Å². The van der Waals surface area contributed by atoms with E-state index in [0.717, 1.165) is 48.9 Å². The molecule has 0 aromatic carbocycles. The fourth-order valence-corrected chi connectivity index (χ4v) is 7.00. The van der Waals surface area contributed by atoms with Gasteiger partial charge in [0.1, 0.15) is 0 Å². The number of aromatic nitrogens is 2. The number of fused-ring (bicyclic) bond motifs is 1. The molecule has 2 fully saturated rings. The van der Waals surface area contributed by atoms with E-state index in [-0.39, 0.29) is 0 Å². The predicted molar refractivity (Wildman–Crippen MR) is 174 cm³/mol. The molecule has 0 spiro atoms. The van der Waals surface area contributed by atoms with Crippen molar-refractivity contribution in [1.29, 1.82) is 0 Å². The Morgan fingerprint density at radius 2 is 1.75 bits per heavy atom. The van der Waals surface area contributed by atoms with Crippen LogP contribution >= 0.6 is 0 Å². The second kappa shape index (κ2) is 16.0. The molecule has 2 atom stereocenters. The number of rotatable bonds is 12. The molecule has 2 aliphatic rings. The van der Waals surface area contributed by atoms with Crippen LogP contribution in [0.3, 0.4) is 0 Å². The SMILES string of the molecule is C=C/C(=C\C=C/C)c1cn(CCCNC(=C)C2CCCCCCC2)c2ccc(CC3CCCC(CC)CC3)nc12. The van der Waals surface area contributed by atoms with E-state index in [1.165, 1.54) is 106 Å². The highest BCUT2D eigenvalue weighted by molar-refractivity contribution is 5.93. The first kappa shape index (κ1) is 30.4. The summed E-state index contributed by atoms with van der Waals surface area (Å²) < 4.78 is 2.41. The van der Waals surface area contributed by atoms with E-state index >= 15 is 0 Å². The highest BCUT2D eigenvalue weighted by Crippen LogP contribution is 2.33. The van der Waals surface area contributed by atoms with E-state index < -0.39 is 0 Å². The van der Waals surface area contributed by atoms with Crippen LogP contribution in [0, 0.1) is 17.8 Å². The molecule has 2 aromatic rings. The molecule has 2 heterocycles. The molecule has 0 saturated heterocycles. The van der Waals surface area contributed by atoms with Crippen molar-refractivity contribution in [2.75, 3.05) is 6.54 Å². The molecule has 0 amide bonds. The summed E-state index contributed by atoms with van der Waals surface area (Å²) in [7, 11) is 0. The average molecular weight is 542 g/mol. The molecule has 4 rings (SSSR count). The first-order chi connectivity index (χ1) is 19.6. The number of hydrogen-bond acceptors (Lipinski definition) is 2. The Morgan fingerprint density at radius 1 is 1.00 bits per heavy atom. The summed E-state index contributed by atoms with van der Waals surface area (Å²) in [6, 6.07) is 4.62. The summed E-state index contributed by atoms with van der Waals surface area (Å²) in [4.78, 5) is 5.31. The maximum absolute atomic E-state index is 5.31. The van der Waals surface area contributed by atoms with Crippen molar-refractivity contribution in [3.05, 3.63) is 72.7 Å². The van der Waals surface area contributed by atoms with Gasteiger partial charge >= 0.3 is 0 Å². The van der Waals surface area contributed by atoms with Gasteiger partial charge in [-0.05, 0) is 74.5 Å². The van der Waals surface area contributed by atoms with Crippen LogP contribution in [0.25, 0.3) is 16.6 Å². The van der Waals surface area contributed by atoms with Crippen LogP contribution < -0.4 is 5.32 Å². The molecule has 1 N–H and O–H groups in total. The number of hydrogen-bond donors (Lipinski definition) is 1. The number of pyridine rings is 1. The van der Waals surface area contributed by atoms with Crippen molar-refractivity contribution in [3.63, 3.8) is 0 Å². The molecule has 3 heteroatoms. The number of nitrogens with one attached hydrogen (secondary N) is 1. The topological polar surface area (TPSA) is 29.9 Å². The Hall–Kier alpha value is -2.55. The van der Waals surface area contributed by atoms with Crippen molar-refractivity contribution in [2.45, 2.75) is 117 Å². The molecule has 2 unspecified atom stereocenters. The maximum atomic E-state index is 5.31. The van der Waals surface area contributed by atoms with Crippen LogP contribution in [-0.2, 0) is 13.0 Å². The van der Waals surface area contributed by atoms with Crippen molar-refractivity contribution >= 4 is 16.6 Å². The van der Waals surface area contributed by atoms with Gasteiger partial charge in [-0.2, -0.15) is 0 Å². The fourth-order valence-electron chi connectivity index (χ4n) is 7.00. The highest BCUT2D eigenvalue weighted by atomic mass is 15.0. The largest absolute Gasteiger partial charge is 0.389 e. The van der Waals surface area contributed by atoms with E-state index in [1.807, 2.05) is 6.08 Å². The Kier molecular flexibility index (Phi) is 12.2. The fraction of sp³-hybridized carbons (Fsp3) is 0.595. The monoisotopic (exact) mass is 541 g/mol. The number of aryl methyl sites for hydroxylation is 1. The standard InChI is InChI=1S/C37H55N3/c1-5-8-18-32(7-3)35-28-40(26-15-25-38-29(4)33-19-12-10-9-11-13-20-33)36-24-23-34(39-37(35)36)27-31-17-14-16-30(6-2)21-22-31/h5,7-8,18,23-24,28,30-31,33,38H,3-4,6,9-17,19-22,25-27H2,1-2H3/b8-5-,32-18+. The van der Waals surface area contributed by atoms with E-state index in [2.05, 4.69) is 73.4 Å². The van der Waals surface area contributed by atoms with E-state index in [9.17, 15) is 0 Å². The minimum absolute atomic E-state index is 0.648. The van der Waals surface area contributed by atoms with Crippen LogP contribution in [0.15, 0.2) is 61.5 Å². The van der Waals surface area contributed by atoms with Gasteiger partial charge in [-0.3, -0.25) is 4.98 Å². The lowest BCUT2D eigenvalue weighted by atomic mass is 9.89. The lowest BCUT2D eigenvalue weighted by Gasteiger charge is -2.23. The minimum Gasteiger partial charge on any atom is -0.389 e. The van der Waals surface area contributed by atoms with Crippen LogP contribution in [0.2, 0.25) is 0 Å². The van der Waals surface area contributed by atoms with Gasteiger partial charge in [-0.25, -0.2) is 0 Å². The van der Waals surface area contributed by atoms with Crippen molar-refractivity contribution < 1.29 is 0 Å². The first-order valence-corrected chi connectivity index (χ1v) is 16.5. The second-order valence-electron chi connectivity index (χ2n) is 12.5. The summed E-state index contributed by atoms with van der Waals surface area (Å²) in [5.74, 6) is 2.34. The Morgan fingerprint density at radius 3 is 2.50 bits per heavy atom. The minimum atomic E-state index is 0.648. The lowest BCUT2D eigenvalue weighted by molar-refractivity contribution is 0.403. The van der Waals surface area contributed by atoms with Crippen LogP contribution in [0.4, 0.5) is 0 Å². The Balaban J connectivity index is 1.46. The van der Waals surface area contributed by atoms with Gasteiger partial charge < -0.3 is 9.88 Å². The normalized spacial score (nSPS) is 21.7.